The molecule has 3 rings (SSSR count). The van der Waals surface area contributed by atoms with E-state index < -0.39 is 31.5 Å². The van der Waals surface area contributed by atoms with Crippen LogP contribution in [0.2, 0.25) is 0 Å². The van der Waals surface area contributed by atoms with Gasteiger partial charge in [0.25, 0.3) is 0 Å². The largest absolute Gasteiger partial charge is 0.464 e. The van der Waals surface area contributed by atoms with Crippen LogP contribution >= 0.6 is 7.60 Å². The molecule has 0 aliphatic rings. The van der Waals surface area contributed by atoms with Gasteiger partial charge in [0.15, 0.2) is 11.5 Å². The van der Waals surface area contributed by atoms with E-state index in [0.717, 1.165) is 12.0 Å². The first-order valence-corrected chi connectivity index (χ1v) is 16.3. The fourth-order valence-corrected chi connectivity index (χ4v) is 5.41. The van der Waals surface area contributed by atoms with Gasteiger partial charge in [-0.1, -0.05) is 38.1 Å². The number of imidazole rings is 1. The number of fused-ring (bicyclic) bond motifs is 1. The van der Waals surface area contributed by atoms with Crippen LogP contribution in [0, 0.1) is 5.92 Å². The molecule has 0 bridgehead atoms. The van der Waals surface area contributed by atoms with Gasteiger partial charge in [0.05, 0.1) is 38.7 Å². The molecule has 2 heterocycles. The monoisotopic (exact) mass is 634 g/mol. The van der Waals surface area contributed by atoms with E-state index in [1.165, 1.54) is 18.8 Å². The zero-order chi connectivity index (χ0) is 32.1. The van der Waals surface area contributed by atoms with Crippen LogP contribution in [0.15, 0.2) is 36.9 Å². The summed E-state index contributed by atoms with van der Waals surface area (Å²) in [5.74, 6) is -0.645. The van der Waals surface area contributed by atoms with Crippen molar-refractivity contribution in [2.75, 3.05) is 45.1 Å². The Morgan fingerprint density at radius 2 is 1.61 bits per heavy atom. The van der Waals surface area contributed by atoms with Crippen LogP contribution < -0.4 is 11.5 Å². The van der Waals surface area contributed by atoms with Crippen LogP contribution in [0.5, 0.6) is 0 Å². The number of rotatable bonds is 19. The van der Waals surface area contributed by atoms with Crippen molar-refractivity contribution in [1.29, 1.82) is 0 Å². The highest BCUT2D eigenvalue weighted by molar-refractivity contribution is 7.53. The predicted octanol–water partition coefficient (Wildman–Crippen LogP) is 3.43. The number of aromatic nitrogens is 4. The Morgan fingerprint density at radius 3 is 2.32 bits per heavy atom. The lowest BCUT2D eigenvalue weighted by atomic mass is 9.97. The average molecular weight is 635 g/mol. The van der Waals surface area contributed by atoms with E-state index in [9.17, 15) is 14.2 Å². The van der Waals surface area contributed by atoms with Crippen LogP contribution in [0.1, 0.15) is 51.2 Å². The summed E-state index contributed by atoms with van der Waals surface area (Å²) in [7, 11) is -3.77. The molecule has 1 aromatic carbocycles. The van der Waals surface area contributed by atoms with Crippen molar-refractivity contribution in [3.63, 3.8) is 0 Å². The van der Waals surface area contributed by atoms with E-state index in [2.05, 4.69) is 28.8 Å². The molecule has 0 radical (unpaired) electrons. The Balaban J connectivity index is 1.49. The van der Waals surface area contributed by atoms with Crippen molar-refractivity contribution < 1.29 is 37.4 Å². The summed E-state index contributed by atoms with van der Waals surface area (Å²) >= 11 is 0. The maximum atomic E-state index is 13.5. The Labute approximate surface area is 257 Å². The van der Waals surface area contributed by atoms with E-state index in [4.69, 9.17) is 34.7 Å². The number of esters is 2. The molecule has 0 fully saturated rings. The molecular formula is C29H43N6O8P. The molecule has 0 saturated carbocycles. The van der Waals surface area contributed by atoms with Crippen LogP contribution in [0.4, 0.5) is 5.82 Å². The normalized spacial score (nSPS) is 14.3. The van der Waals surface area contributed by atoms with E-state index in [1.807, 2.05) is 24.3 Å². The van der Waals surface area contributed by atoms with Gasteiger partial charge >= 0.3 is 19.5 Å². The SMILES string of the molecule is CC(C)Cc1ccc(C(C)C(=O)OCCOP(=O)(COCCn2cnc3c(N)ncnc32)OCCCOC(=O)C(C)N)cc1. The van der Waals surface area contributed by atoms with Gasteiger partial charge in [-0.2, -0.15) is 0 Å². The molecule has 3 unspecified atom stereocenters. The summed E-state index contributed by atoms with van der Waals surface area (Å²) in [5.41, 5.74) is 14.4. The van der Waals surface area contributed by atoms with Gasteiger partial charge in [0.1, 0.15) is 30.8 Å². The second kappa shape index (κ2) is 17.2. The Kier molecular flexibility index (Phi) is 13.7. The van der Waals surface area contributed by atoms with Crippen LogP contribution in [-0.4, -0.2) is 76.9 Å². The van der Waals surface area contributed by atoms with Crippen LogP contribution in [0.25, 0.3) is 11.2 Å². The van der Waals surface area contributed by atoms with Crippen LogP contribution in [-0.2, 0) is 50.4 Å². The zero-order valence-corrected chi connectivity index (χ0v) is 26.6. The van der Waals surface area contributed by atoms with Gasteiger partial charge in [-0.15, -0.1) is 0 Å². The molecule has 15 heteroatoms. The molecule has 44 heavy (non-hydrogen) atoms. The number of carbonyl (C=O) groups excluding carboxylic acids is 2. The van der Waals surface area contributed by atoms with E-state index in [0.29, 0.717) is 23.6 Å². The molecule has 0 aliphatic carbocycles. The fraction of sp³-hybridized carbons (Fsp3) is 0.552. The van der Waals surface area contributed by atoms with Crippen molar-refractivity contribution in [3.05, 3.63) is 48.0 Å². The third kappa shape index (κ3) is 10.9. The topological polar surface area (TPSA) is 193 Å². The molecule has 242 valence electrons. The smallest absolute Gasteiger partial charge is 0.356 e. The van der Waals surface area contributed by atoms with E-state index in [-0.39, 0.29) is 51.6 Å². The molecule has 2 aromatic heterocycles. The second-order valence-electron chi connectivity index (χ2n) is 10.7. The first kappa shape index (κ1) is 35.1. The molecule has 14 nitrogen and oxygen atoms in total. The molecule has 3 aromatic rings. The number of nitrogens with two attached hydrogens (primary N) is 2. The van der Waals surface area contributed by atoms with E-state index in [1.54, 1.807) is 17.8 Å². The average Bonchev–Trinajstić information content (AvgIpc) is 3.41. The highest BCUT2D eigenvalue weighted by Gasteiger charge is 2.26. The molecule has 0 aliphatic heterocycles. The Bertz CT molecular complexity index is 1400. The molecule has 3 atom stereocenters. The first-order chi connectivity index (χ1) is 21.0. The summed E-state index contributed by atoms with van der Waals surface area (Å²) in [6.07, 6.45) is 3.77. The molecular weight excluding hydrogens is 591 g/mol. The maximum absolute atomic E-state index is 13.5. The first-order valence-electron chi connectivity index (χ1n) is 14.5. The number of anilines is 1. The van der Waals surface area contributed by atoms with Crippen molar-refractivity contribution in [2.45, 2.75) is 59.0 Å². The summed E-state index contributed by atoms with van der Waals surface area (Å²) in [5, 5.41) is 0. The maximum Gasteiger partial charge on any atom is 0.356 e. The summed E-state index contributed by atoms with van der Waals surface area (Å²) < 4.78 is 42.3. The number of nitrogen functional groups attached to an aromatic ring is 1. The van der Waals surface area contributed by atoms with Crippen molar-refractivity contribution in [3.8, 4) is 0 Å². The van der Waals surface area contributed by atoms with Crippen molar-refractivity contribution in [2.24, 2.45) is 11.7 Å². The third-order valence-electron chi connectivity index (χ3n) is 6.44. The Hall–Kier alpha value is -3.42. The lowest BCUT2D eigenvalue weighted by Crippen LogP contribution is -2.29. The van der Waals surface area contributed by atoms with Gasteiger partial charge in [-0.25, -0.2) is 15.0 Å². The number of carbonyl (C=O) groups is 2. The van der Waals surface area contributed by atoms with Gasteiger partial charge in [0.2, 0.25) is 0 Å². The zero-order valence-electron chi connectivity index (χ0n) is 25.7. The number of hydrogen-bond acceptors (Lipinski definition) is 13. The van der Waals surface area contributed by atoms with Crippen molar-refractivity contribution in [1.82, 2.24) is 19.5 Å². The van der Waals surface area contributed by atoms with Crippen LogP contribution in [0.3, 0.4) is 0 Å². The number of hydrogen-bond donors (Lipinski definition) is 2. The quantitative estimate of drug-likeness (QED) is 0.111. The second-order valence-corrected chi connectivity index (χ2v) is 12.7. The summed E-state index contributed by atoms with van der Waals surface area (Å²) in [6, 6.07) is 7.15. The minimum atomic E-state index is -3.77. The third-order valence-corrected chi connectivity index (χ3v) is 8.09. The van der Waals surface area contributed by atoms with Gasteiger partial charge < -0.3 is 39.3 Å². The minimum Gasteiger partial charge on any atom is -0.464 e. The summed E-state index contributed by atoms with van der Waals surface area (Å²) in [4.78, 5) is 36.5. The molecule has 0 spiro atoms. The standard InChI is InChI=1S/C29H43N6O8P/c1-20(2)16-23-6-8-24(9-7-23)21(3)28(36)41-14-15-43-44(38,42-12-5-11-40-29(37)22(4)30)19-39-13-10-35-18-34-25-26(31)32-17-33-27(25)35/h6-9,17-18,20-22H,5,10-16,19,30H2,1-4H3,(H2,31,32,33). The summed E-state index contributed by atoms with van der Waals surface area (Å²) in [6.45, 7) is 7.78. The van der Waals surface area contributed by atoms with Gasteiger partial charge in [-0.05, 0) is 37.3 Å². The molecule has 0 saturated heterocycles. The van der Waals surface area contributed by atoms with E-state index >= 15 is 0 Å². The highest BCUT2D eigenvalue weighted by atomic mass is 31.2. The molecule has 4 N–H and O–H groups in total. The highest BCUT2D eigenvalue weighted by Crippen LogP contribution is 2.48. The number of nitrogens with zero attached hydrogens (tertiary/aromatic N) is 4. The Morgan fingerprint density at radius 1 is 0.909 bits per heavy atom. The van der Waals surface area contributed by atoms with Gasteiger partial charge in [-0.3, -0.25) is 14.2 Å². The predicted molar refractivity (Wildman–Crippen MR) is 164 cm³/mol. The minimum absolute atomic E-state index is 0.0289. The number of ether oxygens (including phenoxy) is 3. The van der Waals surface area contributed by atoms with Gasteiger partial charge in [0, 0.05) is 13.0 Å². The molecule has 0 amide bonds. The van der Waals surface area contributed by atoms with Crippen molar-refractivity contribution >= 4 is 36.5 Å². The lowest BCUT2D eigenvalue weighted by Gasteiger charge is -2.19. The number of benzene rings is 1. The lowest BCUT2D eigenvalue weighted by molar-refractivity contribution is -0.146. The fourth-order valence-electron chi connectivity index (χ4n) is 4.07.